The van der Waals surface area contributed by atoms with Crippen LogP contribution in [0.2, 0.25) is 0 Å². The van der Waals surface area contributed by atoms with Gasteiger partial charge in [0.05, 0.1) is 12.7 Å². The quantitative estimate of drug-likeness (QED) is 0.716. The maximum Gasteiger partial charge on any atom is 0.214 e. The van der Waals surface area contributed by atoms with Gasteiger partial charge < -0.3 is 9.32 Å². The third kappa shape index (κ3) is 2.61. The molecule has 1 atom stereocenters. The minimum absolute atomic E-state index is 0.254. The maximum absolute atomic E-state index is 13.0. The fourth-order valence-corrected chi connectivity index (χ4v) is 3.15. The largest absolute Gasteiger partial charge is 0.439 e. The monoisotopic (exact) mass is 308 g/mol. The number of fused-ring (bicyclic) bond motifs is 1. The van der Waals surface area contributed by atoms with Crippen molar-refractivity contribution in [1.82, 2.24) is 4.98 Å². The molecule has 1 aromatic heterocycles. The molecular weight excluding hydrogens is 291 g/mol. The van der Waals surface area contributed by atoms with E-state index in [0.29, 0.717) is 24.2 Å². The number of halogens is 1. The Morgan fingerprint density at radius 2 is 1.96 bits per heavy atom. The number of para-hydroxylation sites is 1. The highest BCUT2D eigenvalue weighted by Gasteiger charge is 2.26. The number of hydrogen-bond acceptors (Lipinski definition) is 3. The van der Waals surface area contributed by atoms with E-state index in [1.54, 1.807) is 18.3 Å². The lowest BCUT2D eigenvalue weighted by Gasteiger charge is -2.23. The predicted octanol–water partition coefficient (Wildman–Crippen LogP) is 4.43. The van der Waals surface area contributed by atoms with Gasteiger partial charge in [-0.05, 0) is 49.2 Å². The van der Waals surface area contributed by atoms with E-state index in [1.165, 1.54) is 23.4 Å². The summed E-state index contributed by atoms with van der Waals surface area (Å²) >= 11 is 0. The van der Waals surface area contributed by atoms with Crippen molar-refractivity contribution in [3.8, 4) is 11.3 Å². The summed E-state index contributed by atoms with van der Waals surface area (Å²) in [6.45, 7) is 2.85. The summed E-state index contributed by atoms with van der Waals surface area (Å²) in [7, 11) is 0. The van der Waals surface area contributed by atoms with Crippen molar-refractivity contribution in [2.75, 3.05) is 4.90 Å². The summed E-state index contributed by atoms with van der Waals surface area (Å²) in [5.41, 5.74) is 3.45. The molecule has 0 bridgehead atoms. The first-order chi connectivity index (χ1) is 11.2. The summed E-state index contributed by atoms with van der Waals surface area (Å²) in [6, 6.07) is 15.1. The molecule has 3 nitrogen and oxygen atoms in total. The van der Waals surface area contributed by atoms with Crippen molar-refractivity contribution >= 4 is 5.69 Å². The van der Waals surface area contributed by atoms with Gasteiger partial charge in [-0.25, -0.2) is 9.37 Å². The number of anilines is 1. The lowest BCUT2D eigenvalue weighted by Crippen LogP contribution is -2.28. The number of nitrogens with zero attached hydrogens (tertiary/aromatic N) is 2. The van der Waals surface area contributed by atoms with Crippen LogP contribution in [0.1, 0.15) is 18.4 Å². The van der Waals surface area contributed by atoms with Crippen molar-refractivity contribution < 1.29 is 8.81 Å². The minimum atomic E-state index is -0.254. The van der Waals surface area contributed by atoms with Crippen molar-refractivity contribution in [3.63, 3.8) is 0 Å². The summed E-state index contributed by atoms with van der Waals surface area (Å²) < 4.78 is 18.9. The molecule has 4 heteroatoms. The molecule has 0 amide bonds. The Morgan fingerprint density at radius 1 is 1.17 bits per heavy atom. The number of benzene rings is 2. The average molecular weight is 308 g/mol. The third-order valence-electron chi connectivity index (χ3n) is 4.34. The molecule has 2 heterocycles. The summed E-state index contributed by atoms with van der Waals surface area (Å²) in [4.78, 5) is 6.70. The Balaban J connectivity index is 1.57. The number of rotatable bonds is 3. The van der Waals surface area contributed by atoms with Crippen LogP contribution >= 0.6 is 0 Å². The van der Waals surface area contributed by atoms with Crippen LogP contribution in [0.3, 0.4) is 0 Å². The van der Waals surface area contributed by atoms with Crippen LogP contribution in [-0.4, -0.2) is 11.0 Å². The molecule has 116 valence electrons. The molecule has 4 rings (SSSR count). The number of hydrogen-bond donors (Lipinski definition) is 0. The van der Waals surface area contributed by atoms with Crippen molar-refractivity contribution in [2.24, 2.45) is 0 Å². The van der Waals surface area contributed by atoms with Gasteiger partial charge in [0.25, 0.3) is 0 Å². The first-order valence-electron chi connectivity index (χ1n) is 7.76. The topological polar surface area (TPSA) is 29.3 Å². The predicted molar refractivity (Wildman–Crippen MR) is 87.7 cm³/mol. The zero-order valence-corrected chi connectivity index (χ0v) is 12.9. The maximum atomic E-state index is 13.0. The van der Waals surface area contributed by atoms with E-state index in [1.807, 2.05) is 0 Å². The molecule has 23 heavy (non-hydrogen) atoms. The lowest BCUT2D eigenvalue weighted by atomic mass is 10.1. The molecule has 1 aliphatic heterocycles. The fraction of sp³-hybridized carbons (Fsp3) is 0.211. The Bertz CT molecular complexity index is 825. The zero-order valence-electron chi connectivity index (χ0n) is 12.9. The van der Waals surface area contributed by atoms with E-state index in [0.717, 1.165) is 12.0 Å². The molecule has 0 N–H and O–H groups in total. The van der Waals surface area contributed by atoms with Crippen LogP contribution in [0.25, 0.3) is 11.3 Å². The molecule has 0 saturated heterocycles. The second-order valence-electron chi connectivity index (χ2n) is 5.93. The Hall–Kier alpha value is -2.62. The molecule has 0 radical (unpaired) electrons. The van der Waals surface area contributed by atoms with Crippen molar-refractivity contribution in [2.45, 2.75) is 25.9 Å². The minimum Gasteiger partial charge on any atom is -0.439 e. The van der Waals surface area contributed by atoms with Crippen LogP contribution in [0.15, 0.2) is 59.1 Å². The highest BCUT2D eigenvalue weighted by Crippen LogP contribution is 2.33. The van der Waals surface area contributed by atoms with E-state index < -0.39 is 0 Å². The number of oxazole rings is 1. The standard InChI is InChI=1S/C19H17FN2O/c1-13-10-15-4-2-3-5-17(15)22(13)12-19-21-11-18(23-19)14-6-8-16(20)9-7-14/h2-9,11,13H,10,12H2,1H3/t13-/m0/s1. The fourth-order valence-electron chi connectivity index (χ4n) is 3.15. The summed E-state index contributed by atoms with van der Waals surface area (Å²) in [6.07, 6.45) is 2.75. The van der Waals surface area contributed by atoms with Gasteiger partial charge in [0.2, 0.25) is 5.89 Å². The molecule has 0 saturated carbocycles. The van der Waals surface area contributed by atoms with Gasteiger partial charge in [-0.1, -0.05) is 18.2 Å². The lowest BCUT2D eigenvalue weighted by molar-refractivity contribution is 0.489. The molecule has 0 spiro atoms. The first kappa shape index (κ1) is 14.0. The van der Waals surface area contributed by atoms with Crippen LogP contribution in [0.5, 0.6) is 0 Å². The van der Waals surface area contributed by atoms with Crippen LogP contribution < -0.4 is 4.90 Å². The molecule has 0 unspecified atom stereocenters. The van der Waals surface area contributed by atoms with Gasteiger partial charge in [-0.2, -0.15) is 0 Å². The SMILES string of the molecule is C[C@H]1Cc2ccccc2N1Cc1ncc(-c2ccc(F)cc2)o1. The van der Waals surface area contributed by atoms with E-state index in [4.69, 9.17) is 4.42 Å². The average Bonchev–Trinajstić information content (AvgIpc) is 3.14. The highest BCUT2D eigenvalue weighted by atomic mass is 19.1. The second-order valence-corrected chi connectivity index (χ2v) is 5.93. The Morgan fingerprint density at radius 3 is 2.78 bits per heavy atom. The zero-order chi connectivity index (χ0) is 15.8. The van der Waals surface area contributed by atoms with Gasteiger partial charge in [-0.3, -0.25) is 0 Å². The van der Waals surface area contributed by atoms with E-state index in [-0.39, 0.29) is 5.82 Å². The van der Waals surface area contributed by atoms with Gasteiger partial charge in [0.1, 0.15) is 5.82 Å². The molecule has 0 fully saturated rings. The third-order valence-corrected chi connectivity index (χ3v) is 4.34. The van der Waals surface area contributed by atoms with Crippen molar-refractivity contribution in [1.29, 1.82) is 0 Å². The van der Waals surface area contributed by atoms with E-state index >= 15 is 0 Å². The Kier molecular flexibility index (Phi) is 3.37. The van der Waals surface area contributed by atoms with Crippen LogP contribution in [-0.2, 0) is 13.0 Å². The summed E-state index contributed by atoms with van der Waals surface area (Å²) in [5, 5.41) is 0. The molecule has 2 aromatic carbocycles. The Labute approximate surface area is 134 Å². The smallest absolute Gasteiger partial charge is 0.214 e. The number of aromatic nitrogens is 1. The van der Waals surface area contributed by atoms with Gasteiger partial charge >= 0.3 is 0 Å². The normalized spacial score (nSPS) is 16.6. The van der Waals surface area contributed by atoms with Crippen molar-refractivity contribution in [3.05, 3.63) is 72.0 Å². The van der Waals surface area contributed by atoms with Gasteiger partial charge in [0.15, 0.2) is 5.76 Å². The van der Waals surface area contributed by atoms with E-state index in [9.17, 15) is 4.39 Å². The van der Waals surface area contributed by atoms with Gasteiger partial charge in [0, 0.05) is 17.3 Å². The van der Waals surface area contributed by atoms with Crippen LogP contribution in [0.4, 0.5) is 10.1 Å². The first-order valence-corrected chi connectivity index (χ1v) is 7.76. The second kappa shape index (κ2) is 5.54. The van der Waals surface area contributed by atoms with E-state index in [2.05, 4.69) is 41.1 Å². The highest BCUT2D eigenvalue weighted by molar-refractivity contribution is 5.59. The van der Waals surface area contributed by atoms with Crippen LogP contribution in [0, 0.1) is 5.82 Å². The molecule has 0 aliphatic carbocycles. The molecule has 3 aromatic rings. The molecular formula is C19H17FN2O. The summed E-state index contributed by atoms with van der Waals surface area (Å²) in [5.74, 6) is 1.09. The van der Waals surface area contributed by atoms with Gasteiger partial charge in [-0.15, -0.1) is 0 Å². The molecule has 1 aliphatic rings.